The minimum atomic E-state index is -0.127. The molecule has 0 unspecified atom stereocenters. The van der Waals surface area contributed by atoms with Crippen molar-refractivity contribution in [2.24, 2.45) is 0 Å². The molecule has 22 heavy (non-hydrogen) atoms. The van der Waals surface area contributed by atoms with Crippen LogP contribution in [-0.4, -0.2) is 45.7 Å². The number of ether oxygens (including phenoxy) is 1. The molecule has 0 aromatic carbocycles. The third kappa shape index (κ3) is 3.63. The van der Waals surface area contributed by atoms with Crippen molar-refractivity contribution in [2.75, 3.05) is 25.5 Å². The highest BCUT2D eigenvalue weighted by Crippen LogP contribution is 2.27. The third-order valence-electron chi connectivity index (χ3n) is 3.52. The summed E-state index contributed by atoms with van der Waals surface area (Å²) in [5.41, 5.74) is 1.05. The van der Waals surface area contributed by atoms with Gasteiger partial charge in [0.15, 0.2) is 5.13 Å². The Labute approximate surface area is 132 Å². The number of rotatable bonds is 5. The molecule has 0 spiro atoms. The van der Waals surface area contributed by atoms with Crippen molar-refractivity contribution in [2.45, 2.75) is 26.0 Å². The summed E-state index contributed by atoms with van der Waals surface area (Å²) in [6.07, 6.45) is 7.15. The van der Waals surface area contributed by atoms with E-state index >= 15 is 0 Å². The quantitative estimate of drug-likeness (QED) is 0.914. The second kappa shape index (κ2) is 6.89. The van der Waals surface area contributed by atoms with Gasteiger partial charge in [-0.2, -0.15) is 0 Å². The van der Waals surface area contributed by atoms with E-state index in [-0.39, 0.29) is 6.03 Å². The van der Waals surface area contributed by atoms with Gasteiger partial charge >= 0.3 is 6.03 Å². The maximum absolute atomic E-state index is 12.1. The van der Waals surface area contributed by atoms with Crippen LogP contribution in [0.5, 0.6) is 0 Å². The molecular weight excluding hydrogens is 302 g/mol. The van der Waals surface area contributed by atoms with E-state index in [1.807, 2.05) is 10.8 Å². The van der Waals surface area contributed by atoms with E-state index in [1.54, 1.807) is 24.5 Å². The Morgan fingerprint density at radius 3 is 3.27 bits per heavy atom. The van der Waals surface area contributed by atoms with Crippen LogP contribution in [0.1, 0.15) is 17.0 Å². The molecule has 1 aliphatic heterocycles. The number of hydrogen-bond acceptors (Lipinski definition) is 5. The SMILES string of the molecule is CN(CCCn1ccnc1)C(=O)Nc1nc2c(s1)COCC2. The number of hydrogen-bond donors (Lipinski definition) is 1. The van der Waals surface area contributed by atoms with Gasteiger partial charge in [-0.1, -0.05) is 11.3 Å². The largest absolute Gasteiger partial charge is 0.375 e. The molecule has 0 aliphatic carbocycles. The molecule has 0 bridgehead atoms. The first-order chi connectivity index (χ1) is 10.7. The molecule has 0 saturated carbocycles. The fourth-order valence-corrected chi connectivity index (χ4v) is 3.21. The number of nitrogens with one attached hydrogen (secondary N) is 1. The molecule has 1 aliphatic rings. The number of carbonyl (C=O) groups excluding carboxylic acids is 1. The number of nitrogens with zero attached hydrogens (tertiary/aromatic N) is 4. The Morgan fingerprint density at radius 1 is 1.59 bits per heavy atom. The van der Waals surface area contributed by atoms with Crippen molar-refractivity contribution in [3.05, 3.63) is 29.3 Å². The molecule has 2 aromatic rings. The maximum atomic E-state index is 12.1. The lowest BCUT2D eigenvalue weighted by Crippen LogP contribution is -2.32. The average molecular weight is 321 g/mol. The van der Waals surface area contributed by atoms with Gasteiger partial charge in [0.2, 0.25) is 0 Å². The summed E-state index contributed by atoms with van der Waals surface area (Å²) in [6.45, 7) is 2.83. The molecule has 7 nitrogen and oxygen atoms in total. The van der Waals surface area contributed by atoms with Crippen LogP contribution in [-0.2, 0) is 24.3 Å². The van der Waals surface area contributed by atoms with E-state index in [2.05, 4.69) is 15.3 Å². The van der Waals surface area contributed by atoms with E-state index in [0.717, 1.165) is 30.0 Å². The Bertz CT molecular complexity index is 602. The van der Waals surface area contributed by atoms with Crippen molar-refractivity contribution in [1.82, 2.24) is 19.4 Å². The summed E-state index contributed by atoms with van der Waals surface area (Å²) >= 11 is 1.50. The Hall–Kier alpha value is -1.93. The number of aromatic nitrogens is 3. The van der Waals surface area contributed by atoms with E-state index < -0.39 is 0 Å². The summed E-state index contributed by atoms with van der Waals surface area (Å²) in [6, 6.07) is -0.127. The molecule has 2 amide bonds. The topological polar surface area (TPSA) is 72.3 Å². The number of aryl methyl sites for hydroxylation is 1. The Morgan fingerprint density at radius 2 is 2.50 bits per heavy atom. The van der Waals surface area contributed by atoms with E-state index in [4.69, 9.17) is 4.74 Å². The lowest BCUT2D eigenvalue weighted by atomic mass is 10.2. The third-order valence-corrected chi connectivity index (χ3v) is 4.51. The van der Waals surface area contributed by atoms with Crippen LogP contribution in [0.2, 0.25) is 0 Å². The predicted molar refractivity (Wildman–Crippen MR) is 84.0 cm³/mol. The highest BCUT2D eigenvalue weighted by atomic mass is 32.1. The molecule has 0 radical (unpaired) electrons. The van der Waals surface area contributed by atoms with Crippen molar-refractivity contribution in [1.29, 1.82) is 0 Å². The van der Waals surface area contributed by atoms with Crippen LogP contribution < -0.4 is 5.32 Å². The van der Waals surface area contributed by atoms with Gasteiger partial charge in [0.05, 0.1) is 30.1 Å². The highest BCUT2D eigenvalue weighted by molar-refractivity contribution is 7.15. The minimum absolute atomic E-state index is 0.127. The molecule has 2 aromatic heterocycles. The van der Waals surface area contributed by atoms with Crippen molar-refractivity contribution in [3.8, 4) is 0 Å². The minimum Gasteiger partial charge on any atom is -0.375 e. The second-order valence-electron chi connectivity index (χ2n) is 5.20. The summed E-state index contributed by atoms with van der Waals surface area (Å²) < 4.78 is 7.39. The number of fused-ring (bicyclic) bond motifs is 1. The highest BCUT2D eigenvalue weighted by Gasteiger charge is 2.17. The number of thiazole rings is 1. The molecule has 3 rings (SSSR count). The fourth-order valence-electron chi connectivity index (χ4n) is 2.28. The lowest BCUT2D eigenvalue weighted by molar-refractivity contribution is 0.112. The second-order valence-corrected chi connectivity index (χ2v) is 6.28. The van der Waals surface area contributed by atoms with Gasteiger partial charge in [-0.3, -0.25) is 5.32 Å². The number of carbonyl (C=O) groups is 1. The normalized spacial score (nSPS) is 13.7. The molecule has 3 heterocycles. The molecular formula is C14H19N5O2S. The molecule has 0 saturated heterocycles. The predicted octanol–water partition coefficient (Wildman–Crippen LogP) is 1.97. The zero-order chi connectivity index (χ0) is 15.4. The summed E-state index contributed by atoms with van der Waals surface area (Å²) in [4.78, 5) is 23.4. The summed E-state index contributed by atoms with van der Waals surface area (Å²) in [7, 11) is 1.79. The maximum Gasteiger partial charge on any atom is 0.323 e. The lowest BCUT2D eigenvalue weighted by Gasteiger charge is -2.16. The number of imidazole rings is 1. The summed E-state index contributed by atoms with van der Waals surface area (Å²) in [5.74, 6) is 0. The Balaban J connectivity index is 1.47. The fraction of sp³-hybridized carbons (Fsp3) is 0.500. The first-order valence-corrected chi connectivity index (χ1v) is 8.08. The zero-order valence-corrected chi connectivity index (χ0v) is 13.3. The van der Waals surface area contributed by atoms with Crippen molar-refractivity contribution < 1.29 is 9.53 Å². The smallest absolute Gasteiger partial charge is 0.323 e. The monoisotopic (exact) mass is 321 g/mol. The Kier molecular flexibility index (Phi) is 4.69. The summed E-state index contributed by atoms with van der Waals surface area (Å²) in [5, 5.41) is 3.52. The van der Waals surface area contributed by atoms with Crippen LogP contribution in [0.3, 0.4) is 0 Å². The number of urea groups is 1. The zero-order valence-electron chi connectivity index (χ0n) is 12.5. The van der Waals surface area contributed by atoms with Crippen LogP contribution in [0.25, 0.3) is 0 Å². The van der Waals surface area contributed by atoms with Gasteiger partial charge in [0, 0.05) is 39.0 Å². The van der Waals surface area contributed by atoms with Gasteiger partial charge in [-0.25, -0.2) is 14.8 Å². The van der Waals surface area contributed by atoms with Gasteiger partial charge in [0.1, 0.15) is 0 Å². The molecule has 0 fully saturated rings. The van der Waals surface area contributed by atoms with E-state index in [0.29, 0.717) is 24.9 Å². The molecule has 0 atom stereocenters. The number of anilines is 1. The van der Waals surface area contributed by atoms with Gasteiger partial charge in [-0.05, 0) is 6.42 Å². The number of amides is 2. The average Bonchev–Trinajstić information content (AvgIpc) is 3.15. The van der Waals surface area contributed by atoms with Crippen LogP contribution in [0, 0.1) is 0 Å². The van der Waals surface area contributed by atoms with Crippen molar-refractivity contribution >= 4 is 22.5 Å². The van der Waals surface area contributed by atoms with Crippen LogP contribution in [0.4, 0.5) is 9.93 Å². The van der Waals surface area contributed by atoms with E-state index in [1.165, 1.54) is 11.3 Å². The van der Waals surface area contributed by atoms with Gasteiger partial charge in [-0.15, -0.1) is 0 Å². The first kappa shape index (κ1) is 15.0. The first-order valence-electron chi connectivity index (χ1n) is 7.26. The molecule has 1 N–H and O–H groups in total. The van der Waals surface area contributed by atoms with Crippen LogP contribution in [0.15, 0.2) is 18.7 Å². The van der Waals surface area contributed by atoms with E-state index in [9.17, 15) is 4.79 Å². The standard InChI is InChI=1S/C14H19N5O2S/c1-18(5-2-6-19-7-4-15-10-19)14(20)17-13-16-11-3-8-21-9-12(11)22-13/h4,7,10H,2-3,5-6,8-9H2,1H3,(H,16,17,20). The molecule has 118 valence electrons. The molecule has 8 heteroatoms. The van der Waals surface area contributed by atoms with Gasteiger partial charge in [0.25, 0.3) is 0 Å². The van der Waals surface area contributed by atoms with Crippen LogP contribution >= 0.6 is 11.3 Å². The van der Waals surface area contributed by atoms with Gasteiger partial charge < -0.3 is 14.2 Å². The van der Waals surface area contributed by atoms with Crippen molar-refractivity contribution in [3.63, 3.8) is 0 Å².